The van der Waals surface area contributed by atoms with Gasteiger partial charge in [-0.3, -0.25) is 4.79 Å². The molecule has 0 fully saturated rings. The molecule has 0 spiro atoms. The Morgan fingerprint density at radius 2 is 2.00 bits per heavy atom. The third-order valence-corrected chi connectivity index (χ3v) is 3.59. The predicted molar refractivity (Wildman–Crippen MR) is 80.4 cm³/mol. The first-order valence-electron chi connectivity index (χ1n) is 5.65. The van der Waals surface area contributed by atoms with E-state index < -0.39 is 0 Å². The van der Waals surface area contributed by atoms with Crippen molar-refractivity contribution in [1.29, 1.82) is 0 Å². The Hall–Kier alpha value is -1.79. The number of rotatable bonds is 4. The standard InChI is InChI=1S/C13H13N3OS2/c1-8-16-11(7-19-8)6-15-13(17)10-4-2-9(3-5-10)12(14)18/h2-5,7H,6H2,1H3,(H2,14,18)(H,15,17). The molecular weight excluding hydrogens is 278 g/mol. The van der Waals surface area contributed by atoms with Crippen LogP contribution in [0.1, 0.15) is 26.6 Å². The Morgan fingerprint density at radius 3 is 2.53 bits per heavy atom. The van der Waals surface area contributed by atoms with Gasteiger partial charge < -0.3 is 11.1 Å². The van der Waals surface area contributed by atoms with Crippen molar-refractivity contribution in [2.75, 3.05) is 0 Å². The van der Waals surface area contributed by atoms with Gasteiger partial charge in [-0.1, -0.05) is 24.4 Å². The molecule has 0 atom stereocenters. The van der Waals surface area contributed by atoms with Crippen LogP contribution in [0.2, 0.25) is 0 Å². The highest BCUT2D eigenvalue weighted by Crippen LogP contribution is 2.08. The molecule has 98 valence electrons. The van der Waals surface area contributed by atoms with Crippen LogP contribution in [0.3, 0.4) is 0 Å². The number of aryl methyl sites for hydroxylation is 1. The number of benzene rings is 1. The summed E-state index contributed by atoms with van der Waals surface area (Å²) in [6.07, 6.45) is 0. The molecular formula is C13H13N3OS2. The third-order valence-electron chi connectivity index (χ3n) is 2.53. The maximum absolute atomic E-state index is 11.9. The molecule has 0 saturated carbocycles. The van der Waals surface area contributed by atoms with Gasteiger partial charge in [0, 0.05) is 16.5 Å². The van der Waals surface area contributed by atoms with Gasteiger partial charge >= 0.3 is 0 Å². The van der Waals surface area contributed by atoms with Crippen molar-refractivity contribution in [2.45, 2.75) is 13.5 Å². The number of nitrogens with zero attached hydrogens (tertiary/aromatic N) is 1. The van der Waals surface area contributed by atoms with E-state index in [1.807, 2.05) is 12.3 Å². The van der Waals surface area contributed by atoms with E-state index in [0.29, 0.717) is 17.1 Å². The molecule has 0 saturated heterocycles. The molecule has 1 aromatic carbocycles. The van der Waals surface area contributed by atoms with Crippen LogP contribution in [-0.4, -0.2) is 15.9 Å². The minimum Gasteiger partial charge on any atom is -0.389 e. The summed E-state index contributed by atoms with van der Waals surface area (Å²) < 4.78 is 0. The molecule has 1 aromatic heterocycles. The van der Waals surface area contributed by atoms with E-state index in [1.54, 1.807) is 35.6 Å². The van der Waals surface area contributed by atoms with Crippen molar-refractivity contribution in [3.05, 3.63) is 51.5 Å². The molecule has 6 heteroatoms. The molecule has 0 aliphatic rings. The largest absolute Gasteiger partial charge is 0.389 e. The molecule has 4 nitrogen and oxygen atoms in total. The lowest BCUT2D eigenvalue weighted by atomic mass is 10.1. The average molecular weight is 291 g/mol. The minimum absolute atomic E-state index is 0.139. The van der Waals surface area contributed by atoms with Crippen molar-refractivity contribution in [3.8, 4) is 0 Å². The third kappa shape index (κ3) is 3.59. The van der Waals surface area contributed by atoms with Gasteiger partial charge in [0.05, 0.1) is 17.2 Å². The van der Waals surface area contributed by atoms with Crippen molar-refractivity contribution < 1.29 is 4.79 Å². The van der Waals surface area contributed by atoms with Gasteiger partial charge in [-0.2, -0.15) is 0 Å². The second kappa shape index (κ2) is 5.90. The molecule has 0 radical (unpaired) electrons. The first-order valence-corrected chi connectivity index (χ1v) is 6.94. The van der Waals surface area contributed by atoms with E-state index in [-0.39, 0.29) is 5.91 Å². The fourth-order valence-corrected chi connectivity index (χ4v) is 2.30. The molecule has 0 aliphatic carbocycles. The number of aromatic nitrogens is 1. The van der Waals surface area contributed by atoms with E-state index in [9.17, 15) is 4.79 Å². The normalized spacial score (nSPS) is 10.2. The molecule has 3 N–H and O–H groups in total. The molecule has 2 aromatic rings. The highest BCUT2D eigenvalue weighted by atomic mass is 32.1. The van der Waals surface area contributed by atoms with Gasteiger partial charge in [0.1, 0.15) is 4.99 Å². The Morgan fingerprint density at radius 1 is 1.37 bits per heavy atom. The number of carbonyl (C=O) groups excluding carboxylic acids is 1. The van der Waals surface area contributed by atoms with Crippen LogP contribution in [0.25, 0.3) is 0 Å². The van der Waals surface area contributed by atoms with E-state index in [0.717, 1.165) is 16.3 Å². The van der Waals surface area contributed by atoms with Crippen LogP contribution < -0.4 is 11.1 Å². The number of nitrogens with two attached hydrogens (primary N) is 1. The van der Waals surface area contributed by atoms with Gasteiger partial charge in [0.25, 0.3) is 5.91 Å². The summed E-state index contributed by atoms with van der Waals surface area (Å²) >= 11 is 6.42. The van der Waals surface area contributed by atoms with Crippen LogP contribution in [0, 0.1) is 6.92 Å². The van der Waals surface area contributed by atoms with E-state index in [4.69, 9.17) is 18.0 Å². The molecule has 1 amide bonds. The summed E-state index contributed by atoms with van der Waals surface area (Å²) in [6, 6.07) is 6.89. The highest BCUT2D eigenvalue weighted by molar-refractivity contribution is 7.80. The van der Waals surface area contributed by atoms with Crippen molar-refractivity contribution in [1.82, 2.24) is 10.3 Å². The zero-order valence-electron chi connectivity index (χ0n) is 10.3. The van der Waals surface area contributed by atoms with Crippen LogP contribution in [0.15, 0.2) is 29.6 Å². The van der Waals surface area contributed by atoms with Crippen LogP contribution in [-0.2, 0) is 6.54 Å². The van der Waals surface area contributed by atoms with E-state index in [2.05, 4.69) is 10.3 Å². The summed E-state index contributed by atoms with van der Waals surface area (Å²) in [5, 5.41) is 5.75. The molecule has 19 heavy (non-hydrogen) atoms. The number of amides is 1. The number of carbonyl (C=O) groups is 1. The molecule has 1 heterocycles. The topological polar surface area (TPSA) is 68.0 Å². The molecule has 0 unspecified atom stereocenters. The lowest BCUT2D eigenvalue weighted by molar-refractivity contribution is 0.0950. The lowest BCUT2D eigenvalue weighted by Gasteiger charge is -2.04. The van der Waals surface area contributed by atoms with Crippen LogP contribution in [0.4, 0.5) is 0 Å². The fourth-order valence-electron chi connectivity index (χ4n) is 1.55. The number of thiocarbonyl (C=S) groups is 1. The maximum atomic E-state index is 11.9. The zero-order valence-corrected chi connectivity index (χ0v) is 12.0. The summed E-state index contributed by atoms with van der Waals surface area (Å²) in [7, 11) is 0. The summed E-state index contributed by atoms with van der Waals surface area (Å²) in [6.45, 7) is 2.37. The summed E-state index contributed by atoms with van der Waals surface area (Å²) in [5.74, 6) is -0.139. The Labute approximate surface area is 120 Å². The monoisotopic (exact) mass is 291 g/mol. The number of nitrogens with one attached hydrogen (secondary N) is 1. The van der Waals surface area contributed by atoms with Crippen LogP contribution >= 0.6 is 23.6 Å². The van der Waals surface area contributed by atoms with Gasteiger partial charge in [0.2, 0.25) is 0 Å². The van der Waals surface area contributed by atoms with E-state index in [1.165, 1.54) is 0 Å². The molecule has 0 aliphatic heterocycles. The highest BCUT2D eigenvalue weighted by Gasteiger charge is 2.06. The first-order chi connectivity index (χ1) is 9.06. The van der Waals surface area contributed by atoms with Gasteiger partial charge in [-0.05, 0) is 19.1 Å². The van der Waals surface area contributed by atoms with Crippen LogP contribution in [0.5, 0.6) is 0 Å². The zero-order chi connectivity index (χ0) is 13.8. The summed E-state index contributed by atoms with van der Waals surface area (Å²) in [5.41, 5.74) is 7.70. The number of hydrogen-bond donors (Lipinski definition) is 2. The average Bonchev–Trinajstić information content (AvgIpc) is 2.82. The Bertz CT molecular complexity index is 605. The lowest BCUT2D eigenvalue weighted by Crippen LogP contribution is -2.23. The van der Waals surface area contributed by atoms with E-state index >= 15 is 0 Å². The van der Waals surface area contributed by atoms with Crippen molar-refractivity contribution in [2.24, 2.45) is 5.73 Å². The molecule has 0 bridgehead atoms. The second-order valence-electron chi connectivity index (χ2n) is 3.98. The quantitative estimate of drug-likeness (QED) is 0.846. The van der Waals surface area contributed by atoms with Gasteiger partial charge in [-0.25, -0.2) is 4.98 Å². The minimum atomic E-state index is -0.139. The molecule has 2 rings (SSSR count). The predicted octanol–water partition coefficient (Wildman–Crippen LogP) is 2.02. The Balaban J connectivity index is 1.98. The van der Waals surface area contributed by atoms with Gasteiger partial charge in [-0.15, -0.1) is 11.3 Å². The van der Waals surface area contributed by atoms with Crippen molar-refractivity contribution >= 4 is 34.5 Å². The number of thiazole rings is 1. The second-order valence-corrected chi connectivity index (χ2v) is 5.48. The SMILES string of the molecule is Cc1nc(CNC(=O)c2ccc(C(N)=S)cc2)cs1. The maximum Gasteiger partial charge on any atom is 0.251 e. The first kappa shape index (κ1) is 13.6. The fraction of sp³-hybridized carbons (Fsp3) is 0.154. The van der Waals surface area contributed by atoms with Crippen molar-refractivity contribution in [3.63, 3.8) is 0 Å². The smallest absolute Gasteiger partial charge is 0.251 e. The summed E-state index contributed by atoms with van der Waals surface area (Å²) in [4.78, 5) is 16.5. The Kier molecular flexibility index (Phi) is 4.24. The van der Waals surface area contributed by atoms with Gasteiger partial charge in [0.15, 0.2) is 0 Å². The number of hydrogen-bond acceptors (Lipinski definition) is 4.